The molecule has 0 aliphatic rings. The Kier molecular flexibility index (Phi) is 5.50. The summed E-state index contributed by atoms with van der Waals surface area (Å²) in [5, 5.41) is 8.13. The summed E-state index contributed by atoms with van der Waals surface area (Å²) in [6.45, 7) is 0.612. The van der Waals surface area contributed by atoms with E-state index in [0.29, 0.717) is 6.54 Å². The third kappa shape index (κ3) is 3.91. The fraction of sp³-hybridized carbons (Fsp3) is 0.0588. The molecule has 0 bridgehead atoms. The van der Waals surface area contributed by atoms with Crippen LogP contribution in [0.4, 0.5) is 0 Å². The Balaban J connectivity index is 0.000000231. The van der Waals surface area contributed by atoms with Crippen molar-refractivity contribution in [3.63, 3.8) is 0 Å². The minimum atomic E-state index is 0. The van der Waals surface area contributed by atoms with Gasteiger partial charge in [-0.05, 0) is 12.1 Å². The van der Waals surface area contributed by atoms with Crippen molar-refractivity contribution in [2.45, 2.75) is 6.54 Å². The van der Waals surface area contributed by atoms with E-state index >= 15 is 0 Å². The third-order valence-corrected chi connectivity index (χ3v) is 2.57. The van der Waals surface area contributed by atoms with Gasteiger partial charge >= 0.3 is 0 Å². The average molecular weight is 309 g/mol. The summed E-state index contributed by atoms with van der Waals surface area (Å²) in [7, 11) is 0. The van der Waals surface area contributed by atoms with Crippen LogP contribution in [0.5, 0.6) is 0 Å². The molecule has 4 rings (SSSR count). The Hall–Kier alpha value is -2.16. The fourth-order valence-corrected chi connectivity index (χ4v) is 1.69. The minimum absolute atomic E-state index is 0. The van der Waals surface area contributed by atoms with E-state index in [2.05, 4.69) is 58.8 Å². The first-order valence-electron chi connectivity index (χ1n) is 5.92. The molecular weight excluding hydrogens is 302 g/mol. The van der Waals surface area contributed by atoms with Crippen molar-refractivity contribution in [3.05, 3.63) is 84.4 Å². The second-order valence-corrected chi connectivity index (χ2v) is 3.90. The van der Waals surface area contributed by atoms with Crippen LogP contribution in [0.1, 0.15) is 5.56 Å². The van der Waals surface area contributed by atoms with Crippen LogP contribution in [0, 0.1) is 48.5 Å². The van der Waals surface area contributed by atoms with E-state index in [1.54, 1.807) is 6.07 Å². The molecule has 0 saturated carbocycles. The van der Waals surface area contributed by atoms with E-state index < -0.39 is 0 Å². The number of rotatable bonds is 2. The molecule has 1 heterocycles. The zero-order valence-electron chi connectivity index (χ0n) is 10.8. The first-order chi connectivity index (χ1) is 9.93. The second kappa shape index (κ2) is 7.58. The van der Waals surface area contributed by atoms with E-state index in [1.807, 2.05) is 28.9 Å². The molecule has 0 atom stereocenters. The number of hydrogen-bond donors (Lipinski definition) is 0. The van der Waals surface area contributed by atoms with Gasteiger partial charge in [-0.2, -0.15) is 0 Å². The normalized spacial score (nSPS) is 9.71. The summed E-state index contributed by atoms with van der Waals surface area (Å²) in [5.41, 5.74) is 2.81. The number of para-hydroxylation sites is 1. The van der Waals surface area contributed by atoms with E-state index in [-0.39, 0.29) is 17.1 Å². The van der Waals surface area contributed by atoms with E-state index in [9.17, 15) is 0 Å². The Bertz CT molecular complexity index is 722. The van der Waals surface area contributed by atoms with Crippen LogP contribution in [0.15, 0.2) is 30.3 Å². The SMILES string of the molecule is [Fe].[c-]1[c-][c-][c-](Cn2nnc3ccccc32)[c-]1.[c-]1[c-][c-][cH-][c-]1. The quantitative estimate of drug-likeness (QED) is 0.419. The molecule has 0 radical (unpaired) electrons. The molecule has 21 heavy (non-hydrogen) atoms. The Morgan fingerprint density at radius 1 is 1.05 bits per heavy atom. The van der Waals surface area contributed by atoms with Crippen LogP contribution in [0.3, 0.4) is 0 Å². The molecule has 0 saturated heterocycles. The summed E-state index contributed by atoms with van der Waals surface area (Å²) >= 11 is 0. The van der Waals surface area contributed by atoms with Crippen LogP contribution >= 0.6 is 0 Å². The van der Waals surface area contributed by atoms with Gasteiger partial charge in [0.1, 0.15) is 5.52 Å². The molecule has 0 N–H and O–H groups in total. The van der Waals surface area contributed by atoms with Crippen molar-refractivity contribution >= 4 is 11.0 Å². The Labute approximate surface area is 134 Å². The fourth-order valence-electron chi connectivity index (χ4n) is 1.69. The number of fused-ring (bicyclic) bond motifs is 1. The zero-order valence-corrected chi connectivity index (χ0v) is 11.9. The van der Waals surface area contributed by atoms with Crippen molar-refractivity contribution in [2.75, 3.05) is 0 Å². The molecule has 108 valence electrons. The first kappa shape index (κ1) is 15.2. The number of nitrogens with zero attached hydrogens (tertiary/aromatic N) is 3. The molecule has 1 aromatic heterocycles. The molecular formula is C17H7FeN3-10. The molecule has 0 aliphatic carbocycles. The van der Waals surface area contributed by atoms with Crippen LogP contribution in [-0.2, 0) is 23.6 Å². The number of aromatic nitrogens is 3. The van der Waals surface area contributed by atoms with Gasteiger partial charge in [0.05, 0.1) is 5.52 Å². The van der Waals surface area contributed by atoms with E-state index in [1.165, 1.54) is 0 Å². The molecule has 0 spiro atoms. The van der Waals surface area contributed by atoms with Crippen LogP contribution in [-0.4, -0.2) is 15.0 Å². The molecule has 0 fully saturated rings. The first-order valence-corrected chi connectivity index (χ1v) is 5.92. The van der Waals surface area contributed by atoms with Gasteiger partial charge in [0.15, 0.2) is 0 Å². The van der Waals surface area contributed by atoms with Gasteiger partial charge < -0.3 is 60.2 Å². The van der Waals surface area contributed by atoms with Gasteiger partial charge in [0, 0.05) is 17.1 Å². The van der Waals surface area contributed by atoms with Crippen LogP contribution < -0.4 is 0 Å². The molecule has 0 aliphatic heterocycles. The number of hydrogen-bond acceptors (Lipinski definition) is 2. The summed E-state index contributed by atoms with van der Waals surface area (Å²) in [4.78, 5) is 0. The van der Waals surface area contributed by atoms with Gasteiger partial charge in [-0.1, -0.05) is 17.3 Å². The molecule has 3 nitrogen and oxygen atoms in total. The maximum absolute atomic E-state index is 4.07. The monoisotopic (exact) mass is 309 g/mol. The van der Waals surface area contributed by atoms with Gasteiger partial charge in [-0.3, -0.25) is 4.68 Å². The molecule has 4 heteroatoms. The zero-order chi connectivity index (χ0) is 13.6. The van der Waals surface area contributed by atoms with Crippen molar-refractivity contribution < 1.29 is 17.1 Å². The summed E-state index contributed by atoms with van der Waals surface area (Å²) in [5.74, 6) is 0. The summed E-state index contributed by atoms with van der Waals surface area (Å²) in [6.07, 6.45) is 0. The maximum atomic E-state index is 4.07. The number of benzene rings is 1. The predicted octanol–water partition coefficient (Wildman–Crippen LogP) is 2.00. The Morgan fingerprint density at radius 2 is 1.76 bits per heavy atom. The smallest absolute Gasteiger partial charge is 0.113 e. The predicted molar refractivity (Wildman–Crippen MR) is 71.4 cm³/mol. The Morgan fingerprint density at radius 3 is 2.43 bits per heavy atom. The van der Waals surface area contributed by atoms with Crippen molar-refractivity contribution in [1.29, 1.82) is 0 Å². The van der Waals surface area contributed by atoms with E-state index in [4.69, 9.17) is 0 Å². The minimum Gasteiger partial charge on any atom is -0.999 e. The molecule has 0 amide bonds. The standard InChI is InChI=1S/C12H6N3.C5H.Fe/c1-2-6-10(5-1)9-15-12-8-4-3-7-11(12)13-14-15;1-2-4-5-3-1;/h3-4,7-8H,9H2;1H;/q2*-5;. The largest absolute Gasteiger partial charge is 0.999 e. The molecule has 0 unspecified atom stereocenters. The van der Waals surface area contributed by atoms with Crippen LogP contribution in [0.25, 0.3) is 11.0 Å². The van der Waals surface area contributed by atoms with Gasteiger partial charge in [0.25, 0.3) is 0 Å². The van der Waals surface area contributed by atoms with E-state index in [0.717, 1.165) is 16.6 Å². The summed E-state index contributed by atoms with van der Waals surface area (Å²) in [6, 6.07) is 31.1. The van der Waals surface area contributed by atoms with Gasteiger partial charge in [-0.25, -0.2) is 0 Å². The van der Waals surface area contributed by atoms with Crippen LogP contribution in [0.2, 0.25) is 0 Å². The van der Waals surface area contributed by atoms with Gasteiger partial charge in [-0.15, -0.1) is 11.6 Å². The van der Waals surface area contributed by atoms with Crippen molar-refractivity contribution in [3.8, 4) is 0 Å². The molecule has 3 aromatic carbocycles. The van der Waals surface area contributed by atoms with Crippen molar-refractivity contribution in [1.82, 2.24) is 15.0 Å². The maximum Gasteiger partial charge on any atom is 0.113 e. The van der Waals surface area contributed by atoms with Gasteiger partial charge in [0.2, 0.25) is 0 Å². The third-order valence-electron chi connectivity index (χ3n) is 2.57. The molecule has 4 aromatic rings. The topological polar surface area (TPSA) is 30.7 Å². The summed E-state index contributed by atoms with van der Waals surface area (Å²) < 4.78 is 1.82. The average Bonchev–Trinajstić information content (AvgIpc) is 3.24. The second-order valence-electron chi connectivity index (χ2n) is 3.90. The van der Waals surface area contributed by atoms with Crippen molar-refractivity contribution in [2.24, 2.45) is 0 Å².